The highest BCUT2D eigenvalue weighted by Gasteiger charge is 2.45. The fourth-order valence-corrected chi connectivity index (χ4v) is 2.23. The van der Waals surface area contributed by atoms with Crippen molar-refractivity contribution in [2.24, 2.45) is 0 Å². The van der Waals surface area contributed by atoms with Crippen LogP contribution in [-0.2, 0) is 0 Å². The third-order valence-electron chi connectivity index (χ3n) is 3.15. The predicted octanol–water partition coefficient (Wildman–Crippen LogP) is 1.03. The van der Waals surface area contributed by atoms with E-state index in [0.717, 1.165) is 4.90 Å². The number of amides is 2. The molecule has 0 bridgehead atoms. The van der Waals surface area contributed by atoms with Crippen LogP contribution in [0, 0.1) is 0 Å². The van der Waals surface area contributed by atoms with Gasteiger partial charge in [0.25, 0.3) is 17.7 Å². The lowest BCUT2D eigenvalue weighted by molar-refractivity contribution is 0.0117. The van der Waals surface area contributed by atoms with Crippen molar-refractivity contribution in [1.29, 1.82) is 0 Å². The molecule has 2 N–H and O–H groups in total. The van der Waals surface area contributed by atoms with Crippen LogP contribution in [0.4, 0.5) is 8.78 Å². The van der Waals surface area contributed by atoms with Crippen LogP contribution < -0.4 is 5.32 Å². The molecule has 0 spiro atoms. The fraction of sp³-hybridized carbons (Fsp3) is 0.583. The lowest BCUT2D eigenvalue weighted by Gasteiger charge is -2.19. The first kappa shape index (κ1) is 14.4. The molecule has 2 rings (SSSR count). The monoisotopic (exact) mass is 286 g/mol. The molecule has 1 aliphatic rings. The Labute approximate surface area is 114 Å². The summed E-state index contributed by atoms with van der Waals surface area (Å²) in [5, 5.41) is 2.53. The molecule has 1 aromatic heterocycles. The van der Waals surface area contributed by atoms with E-state index in [4.69, 9.17) is 0 Å². The minimum absolute atomic E-state index is 0.00573. The van der Waals surface area contributed by atoms with Crippen molar-refractivity contribution < 1.29 is 18.4 Å². The molecular weight excluding hydrogens is 270 g/mol. The first-order valence-electron chi connectivity index (χ1n) is 6.36. The van der Waals surface area contributed by atoms with Crippen molar-refractivity contribution in [2.75, 3.05) is 13.1 Å². The summed E-state index contributed by atoms with van der Waals surface area (Å²) in [4.78, 5) is 31.1. The highest BCUT2D eigenvalue weighted by Crippen LogP contribution is 2.32. The quantitative estimate of drug-likeness (QED) is 0.871. The topological polar surface area (TPSA) is 78.1 Å². The smallest absolute Gasteiger partial charge is 0.287 e. The molecule has 1 aliphatic heterocycles. The molecule has 1 atom stereocenters. The van der Waals surface area contributed by atoms with Crippen LogP contribution >= 0.6 is 0 Å². The third kappa shape index (κ3) is 2.78. The molecule has 2 amide bonds. The first-order valence-corrected chi connectivity index (χ1v) is 6.36. The Hall–Kier alpha value is -1.99. The molecule has 6 nitrogen and oxygen atoms in total. The third-order valence-corrected chi connectivity index (χ3v) is 3.15. The van der Waals surface area contributed by atoms with Gasteiger partial charge in [-0.05, 0) is 13.8 Å². The minimum atomic E-state index is -2.86. The number of rotatable bonds is 3. The number of nitrogens with one attached hydrogen (secondary N) is 2. The molecule has 1 aromatic rings. The molecule has 0 aromatic carbocycles. The predicted molar refractivity (Wildman–Crippen MR) is 66.7 cm³/mol. The Kier molecular flexibility index (Phi) is 3.74. The summed E-state index contributed by atoms with van der Waals surface area (Å²) in [7, 11) is 0. The van der Waals surface area contributed by atoms with Gasteiger partial charge in [0.2, 0.25) is 0 Å². The second-order valence-electron chi connectivity index (χ2n) is 4.85. The van der Waals surface area contributed by atoms with Gasteiger partial charge < -0.3 is 15.2 Å². The summed E-state index contributed by atoms with van der Waals surface area (Å²) in [6.07, 6.45) is 0.839. The number of imidazole rings is 1. The van der Waals surface area contributed by atoms with E-state index in [1.54, 1.807) is 13.8 Å². The van der Waals surface area contributed by atoms with Gasteiger partial charge in [-0.25, -0.2) is 13.8 Å². The number of likely N-dealkylation sites (tertiary alicyclic amines) is 1. The normalized spacial score (nSPS) is 21.0. The molecule has 2 heterocycles. The lowest BCUT2D eigenvalue weighted by Crippen LogP contribution is -2.35. The number of aromatic amines is 1. The summed E-state index contributed by atoms with van der Waals surface area (Å²) < 4.78 is 26.5. The lowest BCUT2D eigenvalue weighted by atomic mass is 10.2. The van der Waals surface area contributed by atoms with E-state index in [1.807, 2.05) is 0 Å². The summed E-state index contributed by atoms with van der Waals surface area (Å²) >= 11 is 0. The van der Waals surface area contributed by atoms with Crippen molar-refractivity contribution in [3.8, 4) is 0 Å². The number of aromatic nitrogens is 2. The maximum Gasteiger partial charge on any atom is 0.287 e. The van der Waals surface area contributed by atoms with E-state index >= 15 is 0 Å². The molecule has 0 unspecified atom stereocenters. The van der Waals surface area contributed by atoms with Gasteiger partial charge in [-0.2, -0.15) is 0 Å². The molecule has 1 saturated heterocycles. The summed E-state index contributed by atoms with van der Waals surface area (Å²) in [5.74, 6) is -3.88. The zero-order valence-electron chi connectivity index (χ0n) is 11.2. The van der Waals surface area contributed by atoms with Crippen LogP contribution in [0.3, 0.4) is 0 Å². The summed E-state index contributed by atoms with van der Waals surface area (Å²) in [5.41, 5.74) is 0.0378. The summed E-state index contributed by atoms with van der Waals surface area (Å²) in [6.45, 7) is 3.14. The van der Waals surface area contributed by atoms with Gasteiger partial charge in [-0.15, -0.1) is 0 Å². The van der Waals surface area contributed by atoms with Gasteiger partial charge in [-0.1, -0.05) is 0 Å². The molecule has 20 heavy (non-hydrogen) atoms. The van der Waals surface area contributed by atoms with Gasteiger partial charge in [0.1, 0.15) is 5.69 Å². The number of hydrogen-bond donors (Lipinski definition) is 2. The van der Waals surface area contributed by atoms with E-state index in [9.17, 15) is 18.4 Å². The first-order chi connectivity index (χ1) is 9.34. The van der Waals surface area contributed by atoms with Crippen molar-refractivity contribution in [2.45, 2.75) is 32.2 Å². The number of hydrogen-bond acceptors (Lipinski definition) is 3. The number of carbonyl (C=O) groups is 2. The molecule has 110 valence electrons. The Morgan fingerprint density at radius 3 is 2.85 bits per heavy atom. The van der Waals surface area contributed by atoms with Crippen LogP contribution in [0.2, 0.25) is 0 Å². The Morgan fingerprint density at radius 1 is 1.60 bits per heavy atom. The highest BCUT2D eigenvalue weighted by atomic mass is 19.3. The molecule has 0 radical (unpaired) electrons. The van der Waals surface area contributed by atoms with Gasteiger partial charge in [-0.3, -0.25) is 9.59 Å². The number of nitrogens with zero attached hydrogens (tertiary/aromatic N) is 2. The number of H-pyrrole nitrogens is 1. The Balaban J connectivity index is 2.12. The van der Waals surface area contributed by atoms with Gasteiger partial charge in [0.05, 0.1) is 12.7 Å². The van der Waals surface area contributed by atoms with E-state index < -0.39 is 30.3 Å². The van der Waals surface area contributed by atoms with Crippen molar-refractivity contribution in [3.05, 3.63) is 17.7 Å². The van der Waals surface area contributed by atoms with Crippen LogP contribution in [0.1, 0.15) is 41.4 Å². The van der Waals surface area contributed by atoms with E-state index in [2.05, 4.69) is 15.3 Å². The average molecular weight is 286 g/mol. The SMILES string of the molecule is CCNC(=O)c1ncc(C(=O)N2CC(F)(F)C[C@@H]2C)[nH]1. The van der Waals surface area contributed by atoms with Crippen molar-refractivity contribution in [1.82, 2.24) is 20.2 Å². The fourth-order valence-electron chi connectivity index (χ4n) is 2.23. The van der Waals surface area contributed by atoms with Crippen LogP contribution in [0.25, 0.3) is 0 Å². The van der Waals surface area contributed by atoms with Crippen LogP contribution in [-0.4, -0.2) is 51.7 Å². The molecule has 0 aliphatic carbocycles. The summed E-state index contributed by atoms with van der Waals surface area (Å²) in [6, 6.07) is -0.547. The molecule has 0 saturated carbocycles. The van der Waals surface area contributed by atoms with E-state index in [0.29, 0.717) is 6.54 Å². The van der Waals surface area contributed by atoms with Crippen LogP contribution in [0.15, 0.2) is 6.20 Å². The molecule has 8 heteroatoms. The van der Waals surface area contributed by atoms with Gasteiger partial charge in [0, 0.05) is 19.0 Å². The Morgan fingerprint density at radius 2 is 2.30 bits per heavy atom. The van der Waals surface area contributed by atoms with Gasteiger partial charge in [0.15, 0.2) is 5.82 Å². The zero-order valence-corrected chi connectivity index (χ0v) is 11.2. The number of carbonyl (C=O) groups excluding carboxylic acids is 2. The van der Waals surface area contributed by atoms with E-state index in [-0.39, 0.29) is 17.9 Å². The Bertz CT molecular complexity index is 529. The largest absolute Gasteiger partial charge is 0.350 e. The van der Waals surface area contributed by atoms with E-state index in [1.165, 1.54) is 6.20 Å². The second kappa shape index (κ2) is 5.18. The zero-order chi connectivity index (χ0) is 14.9. The maximum atomic E-state index is 13.3. The second-order valence-corrected chi connectivity index (χ2v) is 4.85. The van der Waals surface area contributed by atoms with Crippen LogP contribution in [0.5, 0.6) is 0 Å². The van der Waals surface area contributed by atoms with Crippen molar-refractivity contribution in [3.63, 3.8) is 0 Å². The average Bonchev–Trinajstić information content (AvgIpc) is 2.93. The standard InChI is InChI=1S/C12H16F2N4O2/c1-3-15-10(19)9-16-5-8(17-9)11(20)18-6-12(13,14)4-7(18)2/h5,7H,3-4,6H2,1-2H3,(H,15,19)(H,16,17)/t7-/m0/s1. The number of halogens is 2. The molecular formula is C12H16F2N4O2. The minimum Gasteiger partial charge on any atom is -0.350 e. The number of alkyl halides is 2. The van der Waals surface area contributed by atoms with Crippen molar-refractivity contribution >= 4 is 11.8 Å². The molecule has 1 fully saturated rings. The highest BCUT2D eigenvalue weighted by molar-refractivity contribution is 5.96. The van der Waals surface area contributed by atoms with Gasteiger partial charge >= 0.3 is 0 Å². The maximum absolute atomic E-state index is 13.3.